The molecule has 10 rings (SSSR count). The van der Waals surface area contributed by atoms with Gasteiger partial charge in [-0.3, -0.25) is 19.5 Å². The molecule has 59 heavy (non-hydrogen) atoms. The Hall–Kier alpha value is -8.09. The van der Waals surface area contributed by atoms with Gasteiger partial charge in [-0.2, -0.15) is 0 Å². The minimum Gasteiger partial charge on any atom is -0.275 e. The molecule has 0 amide bonds. The maximum Gasteiger partial charge on any atom is 0.168 e. The first-order chi connectivity index (χ1) is 29.3. The van der Waals surface area contributed by atoms with Crippen LogP contribution < -0.4 is 0 Å². The molecule has 0 radical (unpaired) electrons. The molecule has 4 aromatic heterocycles. The van der Waals surface area contributed by atoms with Crippen molar-refractivity contribution >= 4 is 0 Å². The van der Waals surface area contributed by atoms with Crippen LogP contribution in [0.25, 0.3) is 95.2 Å². The molecule has 0 aliphatic heterocycles. The Balaban J connectivity index is 1.15. The van der Waals surface area contributed by atoms with E-state index in [-0.39, 0.29) is 0 Å². The molecule has 0 unspecified atom stereocenters. The summed E-state index contributed by atoms with van der Waals surface area (Å²) in [4.78, 5) is 13.2. The quantitative estimate of drug-likeness (QED) is 0.147. The van der Waals surface area contributed by atoms with E-state index in [4.69, 9.17) is 10.2 Å². The molecular weight excluding hydrogens is 721 g/mol. The third-order valence-corrected chi connectivity index (χ3v) is 10.6. The summed E-state index contributed by atoms with van der Waals surface area (Å²) in [7, 11) is 0. The molecule has 6 nitrogen and oxygen atoms in total. The largest absolute Gasteiger partial charge is 0.275 e. The lowest BCUT2D eigenvalue weighted by Gasteiger charge is -2.16. The van der Waals surface area contributed by atoms with Gasteiger partial charge in [0.1, 0.15) is 0 Å². The number of nitrogens with zero attached hydrogens (tertiary/aromatic N) is 6. The fourth-order valence-corrected chi connectivity index (χ4v) is 7.89. The number of hydrogen-bond acceptors (Lipinski definition) is 5. The van der Waals surface area contributed by atoms with E-state index in [2.05, 4.69) is 183 Å². The topological polar surface area (TPSA) is 69.4 Å². The van der Waals surface area contributed by atoms with Crippen LogP contribution >= 0.6 is 0 Å². The number of pyridine rings is 3. The third kappa shape index (κ3) is 7.00. The van der Waals surface area contributed by atoms with Gasteiger partial charge in [-0.15, -0.1) is 10.2 Å². The molecule has 0 bridgehead atoms. The first kappa shape index (κ1) is 35.3. The van der Waals surface area contributed by atoms with E-state index in [1.54, 1.807) is 18.6 Å². The Bertz CT molecular complexity index is 2910. The maximum absolute atomic E-state index is 4.98. The van der Waals surface area contributed by atoms with Gasteiger partial charge in [0.05, 0.1) is 0 Å². The Morgan fingerprint density at radius 2 is 0.593 bits per heavy atom. The Labute approximate surface area is 342 Å². The van der Waals surface area contributed by atoms with Crippen LogP contribution in [0.1, 0.15) is 0 Å². The predicted octanol–water partition coefficient (Wildman–Crippen LogP) is 12.8. The van der Waals surface area contributed by atoms with Crippen molar-refractivity contribution in [3.8, 4) is 95.2 Å². The van der Waals surface area contributed by atoms with Crippen LogP contribution in [-0.4, -0.2) is 29.7 Å². The Kier molecular flexibility index (Phi) is 9.47. The molecule has 6 aromatic carbocycles. The van der Waals surface area contributed by atoms with Crippen molar-refractivity contribution in [3.63, 3.8) is 0 Å². The smallest absolute Gasteiger partial charge is 0.168 e. The second-order valence-electron chi connectivity index (χ2n) is 14.3. The fourth-order valence-electron chi connectivity index (χ4n) is 7.89. The summed E-state index contributed by atoms with van der Waals surface area (Å²) >= 11 is 0. The SMILES string of the molecule is c1cncc(-c2ccccc2-c2cccc(-c3nnc(-c4cccc(-c5ccccc5-c5cccnc5)c4)n3-c3cccc(-c4ccccc4-c4cccnc4)c3)c2)c1. The second-order valence-corrected chi connectivity index (χ2v) is 14.3. The van der Waals surface area contributed by atoms with Crippen LogP contribution in [-0.2, 0) is 0 Å². The minimum atomic E-state index is 0.736. The number of benzene rings is 6. The lowest BCUT2D eigenvalue weighted by molar-refractivity contribution is 1.07. The van der Waals surface area contributed by atoms with Crippen molar-refractivity contribution in [2.45, 2.75) is 0 Å². The molecule has 10 aromatic rings. The molecule has 0 atom stereocenters. The highest BCUT2D eigenvalue weighted by atomic mass is 15.3. The molecule has 0 aliphatic rings. The molecule has 278 valence electrons. The highest BCUT2D eigenvalue weighted by Crippen LogP contribution is 2.39. The molecule has 0 aliphatic carbocycles. The van der Waals surface area contributed by atoms with Crippen molar-refractivity contribution in [3.05, 3.63) is 219 Å². The predicted molar refractivity (Wildman–Crippen MR) is 238 cm³/mol. The molecular formula is C53H36N6. The molecule has 0 saturated heterocycles. The van der Waals surface area contributed by atoms with Crippen LogP contribution in [0.15, 0.2) is 219 Å². The molecule has 0 saturated carbocycles. The summed E-state index contributed by atoms with van der Waals surface area (Å²) in [6.07, 6.45) is 11.2. The van der Waals surface area contributed by atoms with E-state index in [0.717, 1.165) is 95.2 Å². The summed E-state index contributed by atoms with van der Waals surface area (Å²) < 4.78 is 2.19. The zero-order chi connectivity index (χ0) is 39.4. The van der Waals surface area contributed by atoms with E-state index in [0.29, 0.717) is 0 Å². The first-order valence-electron chi connectivity index (χ1n) is 19.5. The fraction of sp³-hybridized carbons (Fsp3) is 0. The number of rotatable bonds is 9. The highest BCUT2D eigenvalue weighted by molar-refractivity contribution is 5.88. The summed E-state index contributed by atoms with van der Waals surface area (Å²) in [6, 6.07) is 63.4. The van der Waals surface area contributed by atoms with Gasteiger partial charge >= 0.3 is 0 Å². The van der Waals surface area contributed by atoms with Crippen LogP contribution in [0.4, 0.5) is 0 Å². The minimum absolute atomic E-state index is 0.736. The summed E-state index contributed by atoms with van der Waals surface area (Å²) in [5.74, 6) is 1.47. The van der Waals surface area contributed by atoms with Gasteiger partial charge in [-0.1, -0.05) is 140 Å². The van der Waals surface area contributed by atoms with Gasteiger partial charge in [-0.25, -0.2) is 0 Å². The first-order valence-corrected chi connectivity index (χ1v) is 19.5. The van der Waals surface area contributed by atoms with Crippen molar-refractivity contribution < 1.29 is 0 Å². The molecule has 6 heteroatoms. The lowest BCUT2D eigenvalue weighted by atomic mass is 9.94. The molecule has 0 fully saturated rings. The van der Waals surface area contributed by atoms with E-state index in [1.807, 2.05) is 36.8 Å². The molecule has 0 N–H and O–H groups in total. The lowest BCUT2D eigenvalue weighted by Crippen LogP contribution is -2.01. The average molecular weight is 757 g/mol. The van der Waals surface area contributed by atoms with Crippen LogP contribution in [0.2, 0.25) is 0 Å². The Morgan fingerprint density at radius 1 is 0.271 bits per heavy atom. The van der Waals surface area contributed by atoms with E-state index < -0.39 is 0 Å². The van der Waals surface area contributed by atoms with Crippen LogP contribution in [0, 0.1) is 0 Å². The van der Waals surface area contributed by atoms with Crippen molar-refractivity contribution in [2.24, 2.45) is 0 Å². The number of aromatic nitrogens is 6. The van der Waals surface area contributed by atoms with E-state index in [1.165, 1.54) is 0 Å². The van der Waals surface area contributed by atoms with Gasteiger partial charge in [0.2, 0.25) is 0 Å². The third-order valence-electron chi connectivity index (χ3n) is 10.6. The summed E-state index contributed by atoms with van der Waals surface area (Å²) in [6.45, 7) is 0. The van der Waals surface area contributed by atoms with Gasteiger partial charge < -0.3 is 0 Å². The van der Waals surface area contributed by atoms with Gasteiger partial charge in [0, 0.05) is 70.7 Å². The van der Waals surface area contributed by atoms with Crippen LogP contribution in [0.5, 0.6) is 0 Å². The molecule has 4 heterocycles. The summed E-state index contributed by atoms with van der Waals surface area (Å²) in [5.41, 5.74) is 15.9. The van der Waals surface area contributed by atoms with E-state index in [9.17, 15) is 0 Å². The van der Waals surface area contributed by atoms with Crippen LogP contribution in [0.3, 0.4) is 0 Å². The normalized spacial score (nSPS) is 11.1. The zero-order valence-electron chi connectivity index (χ0n) is 32.0. The number of hydrogen-bond donors (Lipinski definition) is 0. The average Bonchev–Trinajstić information content (AvgIpc) is 3.78. The van der Waals surface area contributed by atoms with Crippen molar-refractivity contribution in [1.29, 1.82) is 0 Å². The standard InChI is InChI=1S/C53H36N6/c1-4-25-49(42-18-10-28-54-34-42)46(22-1)37-13-7-16-40(31-37)52-57-58-53(41-17-8-14-38(32-41)47-23-2-5-26-50(47)43-19-11-29-55-35-43)59(52)45-21-9-15-39(33-45)48-24-3-6-27-51(48)44-20-12-30-56-36-44/h1-36H. The van der Waals surface area contributed by atoms with Gasteiger partial charge in [0.25, 0.3) is 0 Å². The van der Waals surface area contributed by atoms with Gasteiger partial charge in [0.15, 0.2) is 11.6 Å². The monoisotopic (exact) mass is 756 g/mol. The highest BCUT2D eigenvalue weighted by Gasteiger charge is 2.20. The van der Waals surface area contributed by atoms with Gasteiger partial charge in [-0.05, 0) is 92.5 Å². The van der Waals surface area contributed by atoms with Crippen molar-refractivity contribution in [1.82, 2.24) is 29.7 Å². The summed E-state index contributed by atoms with van der Waals surface area (Å²) in [5, 5.41) is 9.95. The van der Waals surface area contributed by atoms with Crippen molar-refractivity contribution in [2.75, 3.05) is 0 Å². The zero-order valence-corrected chi connectivity index (χ0v) is 32.0. The Morgan fingerprint density at radius 3 is 0.966 bits per heavy atom. The van der Waals surface area contributed by atoms with E-state index >= 15 is 0 Å². The second kappa shape index (κ2) is 15.8. The maximum atomic E-state index is 4.98. The molecule has 0 spiro atoms.